The molecule has 0 fully saturated rings. The fraction of sp³-hybridized carbons (Fsp3) is 0.571. The van der Waals surface area contributed by atoms with E-state index >= 15 is 0 Å². The molecule has 0 atom stereocenters. The molecule has 0 aliphatic carbocycles. The first-order valence-corrected chi connectivity index (χ1v) is 6.11. The summed E-state index contributed by atoms with van der Waals surface area (Å²) < 4.78 is 9.81. The Morgan fingerprint density at radius 2 is 1.53 bits per heavy atom. The quantitative estimate of drug-likeness (QED) is 0.281. The van der Waals surface area contributed by atoms with Gasteiger partial charge in [0.1, 0.15) is 0 Å². The van der Waals surface area contributed by atoms with Gasteiger partial charge in [-0.1, -0.05) is 13.3 Å². The smallest absolute Gasteiger partial charge is 0.281 e. The van der Waals surface area contributed by atoms with Gasteiger partial charge >= 0.3 is 8.72 Å². The zero-order chi connectivity index (χ0) is 11.6. The van der Waals surface area contributed by atoms with Crippen molar-refractivity contribution in [2.24, 2.45) is 14.0 Å². The SMILES string of the molecule is CCCCN[Si](N=C=O)(N=C=O)N=C=O. The molecule has 1 N–H and O–H groups in total. The first-order chi connectivity index (χ1) is 7.24. The number of unbranched alkanes of at least 4 members (excludes halogenated alkanes) is 1. The average molecular weight is 226 g/mol. The molecule has 0 rings (SSSR count). The maximum Gasteiger partial charge on any atom is 0.556 e. The predicted molar refractivity (Wildman–Crippen MR) is 53.0 cm³/mol. The number of hydrogen-bond acceptors (Lipinski definition) is 7. The van der Waals surface area contributed by atoms with E-state index in [4.69, 9.17) is 0 Å². The van der Waals surface area contributed by atoms with E-state index < -0.39 is 8.72 Å². The maximum atomic E-state index is 10.1. The van der Waals surface area contributed by atoms with Crippen molar-refractivity contribution in [3.63, 3.8) is 0 Å². The van der Waals surface area contributed by atoms with Crippen LogP contribution in [0.5, 0.6) is 0 Å². The normalized spacial score (nSPS) is 12.6. The zero-order valence-electron chi connectivity index (χ0n) is 8.19. The first-order valence-electron chi connectivity index (χ1n) is 4.26. The van der Waals surface area contributed by atoms with Crippen LogP contribution < -0.4 is 4.98 Å². The topological polar surface area (TPSA) is 100 Å². The molecular weight excluding hydrogens is 216 g/mol. The lowest BCUT2D eigenvalue weighted by Crippen LogP contribution is -2.46. The summed E-state index contributed by atoms with van der Waals surface area (Å²) in [6.07, 6.45) is 5.39. The minimum atomic E-state index is -3.48. The van der Waals surface area contributed by atoms with Crippen molar-refractivity contribution in [3.05, 3.63) is 0 Å². The van der Waals surface area contributed by atoms with E-state index in [1.54, 1.807) is 0 Å². The van der Waals surface area contributed by atoms with Crippen LogP contribution >= 0.6 is 0 Å². The van der Waals surface area contributed by atoms with E-state index in [9.17, 15) is 14.4 Å². The third kappa shape index (κ3) is 4.92. The molecule has 0 aromatic carbocycles. The van der Waals surface area contributed by atoms with Crippen LogP contribution in [0.1, 0.15) is 19.8 Å². The molecule has 0 saturated carbocycles. The van der Waals surface area contributed by atoms with E-state index in [0.29, 0.717) is 6.54 Å². The van der Waals surface area contributed by atoms with Crippen LogP contribution in [0.25, 0.3) is 0 Å². The van der Waals surface area contributed by atoms with Crippen molar-refractivity contribution in [1.29, 1.82) is 0 Å². The highest BCUT2D eigenvalue weighted by Crippen LogP contribution is 2.02. The van der Waals surface area contributed by atoms with Gasteiger partial charge in [0.25, 0.3) is 0 Å². The van der Waals surface area contributed by atoms with Crippen molar-refractivity contribution in [1.82, 2.24) is 4.98 Å². The van der Waals surface area contributed by atoms with Crippen LogP contribution in [0, 0.1) is 0 Å². The van der Waals surface area contributed by atoms with Crippen LogP contribution in [0.15, 0.2) is 14.0 Å². The fourth-order valence-electron chi connectivity index (χ4n) is 0.817. The Morgan fingerprint density at radius 1 is 1.07 bits per heavy atom. The van der Waals surface area contributed by atoms with E-state index in [1.165, 1.54) is 18.2 Å². The highest BCUT2D eigenvalue weighted by molar-refractivity contribution is 6.74. The van der Waals surface area contributed by atoms with Crippen molar-refractivity contribution in [2.45, 2.75) is 19.8 Å². The molecule has 0 bridgehead atoms. The Kier molecular flexibility index (Phi) is 6.83. The molecule has 0 aromatic rings. The van der Waals surface area contributed by atoms with Crippen molar-refractivity contribution < 1.29 is 14.4 Å². The Labute approximate surface area is 87.4 Å². The molecule has 0 radical (unpaired) electrons. The molecule has 0 heterocycles. The van der Waals surface area contributed by atoms with E-state index in [-0.39, 0.29) is 0 Å². The molecule has 0 spiro atoms. The molecule has 0 unspecified atom stereocenters. The van der Waals surface area contributed by atoms with E-state index in [2.05, 4.69) is 19.0 Å². The summed E-state index contributed by atoms with van der Waals surface area (Å²) in [6.45, 7) is 2.41. The maximum absolute atomic E-state index is 10.1. The molecule has 0 aliphatic rings. The molecule has 8 heteroatoms. The van der Waals surface area contributed by atoms with Crippen LogP contribution in [-0.2, 0) is 14.4 Å². The number of hydrogen-bond donors (Lipinski definition) is 1. The van der Waals surface area contributed by atoms with Gasteiger partial charge in [0.05, 0.1) is 0 Å². The van der Waals surface area contributed by atoms with Crippen molar-refractivity contribution in [2.75, 3.05) is 6.54 Å². The Bertz CT molecular complexity index is 295. The van der Waals surface area contributed by atoms with Crippen LogP contribution in [0.3, 0.4) is 0 Å². The highest BCUT2D eigenvalue weighted by atomic mass is 28.4. The Morgan fingerprint density at radius 3 is 1.87 bits per heavy atom. The standard InChI is InChI=1S/C7H10N4O3Si/c1-2-3-4-8-15(9-5-12,10-6-13)11-7-14/h8H,2-4H2,1H3. The molecule has 7 nitrogen and oxygen atoms in total. The molecule has 80 valence electrons. The van der Waals surface area contributed by atoms with Crippen LogP contribution in [0.2, 0.25) is 0 Å². The van der Waals surface area contributed by atoms with Gasteiger partial charge < -0.3 is 0 Å². The number of rotatable bonds is 7. The van der Waals surface area contributed by atoms with Gasteiger partial charge in [-0.3, -0.25) is 4.98 Å². The number of isocyanates is 3. The van der Waals surface area contributed by atoms with Gasteiger partial charge in [0.15, 0.2) is 0 Å². The zero-order valence-corrected chi connectivity index (χ0v) is 9.19. The Balaban J connectivity index is 4.85. The average Bonchev–Trinajstić information content (AvgIpc) is 2.19. The molecule has 0 aromatic heterocycles. The van der Waals surface area contributed by atoms with Gasteiger partial charge in [-0.15, -0.1) is 0 Å². The number of nitrogens with one attached hydrogen (secondary N) is 1. The third-order valence-electron chi connectivity index (χ3n) is 1.50. The molecular formula is C7H10N4O3Si. The summed E-state index contributed by atoms with van der Waals surface area (Å²) in [4.78, 5) is 33.1. The lowest BCUT2D eigenvalue weighted by Gasteiger charge is -2.11. The lowest BCUT2D eigenvalue weighted by atomic mass is 10.3. The summed E-state index contributed by atoms with van der Waals surface area (Å²) in [7, 11) is -3.48. The predicted octanol–water partition coefficient (Wildman–Crippen LogP) is -0.181. The minimum Gasteiger partial charge on any atom is -0.281 e. The second kappa shape index (κ2) is 7.70. The minimum absolute atomic E-state index is 0.449. The summed E-state index contributed by atoms with van der Waals surface area (Å²) in [6, 6.07) is 0. The summed E-state index contributed by atoms with van der Waals surface area (Å²) >= 11 is 0. The molecule has 0 saturated heterocycles. The van der Waals surface area contributed by atoms with Crippen molar-refractivity contribution in [3.8, 4) is 0 Å². The van der Waals surface area contributed by atoms with Crippen LogP contribution in [-0.4, -0.2) is 33.5 Å². The fourth-order valence-corrected chi connectivity index (χ4v) is 2.10. The molecule has 0 aliphatic heterocycles. The number of nitrogens with zero attached hydrogens (tertiary/aromatic N) is 3. The highest BCUT2D eigenvalue weighted by Gasteiger charge is 2.36. The second-order valence-corrected chi connectivity index (χ2v) is 4.82. The van der Waals surface area contributed by atoms with Gasteiger partial charge in [0, 0.05) is 0 Å². The van der Waals surface area contributed by atoms with Crippen LogP contribution in [0.4, 0.5) is 0 Å². The van der Waals surface area contributed by atoms with Gasteiger partial charge in [-0.25, -0.2) is 14.4 Å². The third-order valence-corrected chi connectivity index (χ3v) is 3.43. The monoisotopic (exact) mass is 226 g/mol. The van der Waals surface area contributed by atoms with Gasteiger partial charge in [-0.05, 0) is 13.0 Å². The first kappa shape index (κ1) is 13.3. The van der Waals surface area contributed by atoms with E-state index in [0.717, 1.165) is 12.8 Å². The van der Waals surface area contributed by atoms with Crippen molar-refractivity contribution >= 4 is 27.0 Å². The lowest BCUT2D eigenvalue weighted by molar-refractivity contribution is 0.563. The Hall–Kier alpha value is -1.68. The summed E-state index contributed by atoms with van der Waals surface area (Å²) in [5, 5.41) is 0. The molecule has 0 amide bonds. The van der Waals surface area contributed by atoms with E-state index in [1.807, 2.05) is 6.92 Å². The van der Waals surface area contributed by atoms with Gasteiger partial charge in [0.2, 0.25) is 18.2 Å². The second-order valence-electron chi connectivity index (χ2n) is 2.53. The summed E-state index contributed by atoms with van der Waals surface area (Å²) in [5.74, 6) is 0. The largest absolute Gasteiger partial charge is 0.556 e. The molecule has 15 heavy (non-hydrogen) atoms. The summed E-state index contributed by atoms with van der Waals surface area (Å²) in [5.41, 5.74) is 0. The number of carbonyl (C=O) groups excluding carboxylic acids is 3. The van der Waals surface area contributed by atoms with Gasteiger partial charge in [-0.2, -0.15) is 14.0 Å².